The Morgan fingerprint density at radius 1 is 1.47 bits per heavy atom. The van der Waals surface area contributed by atoms with Gasteiger partial charge in [0.05, 0.1) is 13.2 Å². The van der Waals surface area contributed by atoms with Gasteiger partial charge in [0.2, 0.25) is 0 Å². The third kappa shape index (κ3) is 1.86. The van der Waals surface area contributed by atoms with Crippen molar-refractivity contribution in [1.29, 1.82) is 0 Å². The number of carboxylic acids is 1. The van der Waals surface area contributed by atoms with Crippen LogP contribution >= 0.6 is 0 Å². The van der Waals surface area contributed by atoms with E-state index in [-0.39, 0.29) is 0 Å². The molecule has 2 rings (SSSR count). The maximum atomic E-state index is 10.7. The second kappa shape index (κ2) is 4.00. The van der Waals surface area contributed by atoms with Gasteiger partial charge < -0.3 is 14.9 Å². The molecule has 0 amide bonds. The summed E-state index contributed by atoms with van der Waals surface area (Å²) in [6.45, 7) is 1.08. The van der Waals surface area contributed by atoms with Crippen molar-refractivity contribution in [2.75, 3.05) is 6.61 Å². The Hall–Kier alpha value is -1.39. The number of aliphatic hydroxyl groups is 1. The van der Waals surface area contributed by atoms with Gasteiger partial charge in [-0.2, -0.15) is 0 Å². The number of carbonyl (C=O) groups is 1. The Kier molecular flexibility index (Phi) is 2.70. The number of carboxylic acid groups (broad SMARTS) is 1. The molecule has 0 aromatic heterocycles. The van der Waals surface area contributed by atoms with Crippen LogP contribution < -0.4 is 0 Å². The summed E-state index contributed by atoms with van der Waals surface area (Å²) >= 11 is 0. The van der Waals surface area contributed by atoms with Crippen molar-refractivity contribution in [3.05, 3.63) is 34.9 Å². The van der Waals surface area contributed by atoms with E-state index in [0.29, 0.717) is 25.2 Å². The van der Waals surface area contributed by atoms with Crippen LogP contribution in [0.25, 0.3) is 0 Å². The van der Waals surface area contributed by atoms with Crippen LogP contribution in [0.2, 0.25) is 0 Å². The van der Waals surface area contributed by atoms with Gasteiger partial charge in [0, 0.05) is 0 Å². The fourth-order valence-electron chi connectivity index (χ4n) is 1.84. The number of ether oxygens (including phenoxy) is 1. The van der Waals surface area contributed by atoms with Crippen LogP contribution in [0.3, 0.4) is 0 Å². The zero-order valence-corrected chi connectivity index (χ0v) is 8.14. The second-order valence-corrected chi connectivity index (χ2v) is 3.53. The monoisotopic (exact) mass is 208 g/mol. The average molecular weight is 208 g/mol. The van der Waals surface area contributed by atoms with E-state index < -0.39 is 12.1 Å². The first-order valence-electron chi connectivity index (χ1n) is 4.79. The lowest BCUT2D eigenvalue weighted by atomic mass is 9.94. The predicted molar refractivity (Wildman–Crippen MR) is 52.4 cm³/mol. The van der Waals surface area contributed by atoms with Crippen LogP contribution in [0.15, 0.2) is 18.2 Å². The molecule has 1 aromatic rings. The Morgan fingerprint density at radius 2 is 2.27 bits per heavy atom. The van der Waals surface area contributed by atoms with E-state index in [4.69, 9.17) is 9.84 Å². The number of hydrogen-bond acceptors (Lipinski definition) is 3. The molecule has 1 heterocycles. The Morgan fingerprint density at radius 3 is 3.00 bits per heavy atom. The van der Waals surface area contributed by atoms with Crippen molar-refractivity contribution in [3.8, 4) is 0 Å². The summed E-state index contributed by atoms with van der Waals surface area (Å²) in [5, 5.41) is 18.3. The van der Waals surface area contributed by atoms with Gasteiger partial charge >= 0.3 is 5.97 Å². The summed E-state index contributed by atoms with van der Waals surface area (Å²) in [7, 11) is 0. The number of rotatable bonds is 2. The lowest BCUT2D eigenvalue weighted by Crippen LogP contribution is -2.18. The molecule has 0 saturated carbocycles. The molecule has 0 radical (unpaired) electrons. The van der Waals surface area contributed by atoms with Gasteiger partial charge in [0.15, 0.2) is 6.10 Å². The van der Waals surface area contributed by atoms with Crippen LogP contribution in [-0.2, 0) is 22.6 Å². The summed E-state index contributed by atoms with van der Waals surface area (Å²) in [5.41, 5.74) is 2.38. The molecular weight excluding hydrogens is 196 g/mol. The van der Waals surface area contributed by atoms with Gasteiger partial charge in [-0.1, -0.05) is 18.2 Å². The topological polar surface area (TPSA) is 66.8 Å². The third-order valence-corrected chi connectivity index (χ3v) is 2.59. The smallest absolute Gasteiger partial charge is 0.337 e. The molecule has 0 fully saturated rings. The fraction of sp³-hybridized carbons (Fsp3) is 0.364. The lowest BCUT2D eigenvalue weighted by Gasteiger charge is -2.20. The highest BCUT2D eigenvalue weighted by atomic mass is 16.5. The molecule has 1 aromatic carbocycles. The summed E-state index contributed by atoms with van der Waals surface area (Å²) in [6, 6.07) is 5.30. The van der Waals surface area contributed by atoms with Gasteiger partial charge in [-0.05, 0) is 23.1 Å². The molecule has 15 heavy (non-hydrogen) atoms. The largest absolute Gasteiger partial charge is 0.479 e. The highest BCUT2D eigenvalue weighted by Gasteiger charge is 2.22. The Balaban J connectivity index is 2.43. The highest BCUT2D eigenvalue weighted by molar-refractivity contribution is 5.74. The van der Waals surface area contributed by atoms with Crippen molar-refractivity contribution < 1.29 is 19.7 Å². The lowest BCUT2D eigenvalue weighted by molar-refractivity contribution is -0.147. The molecule has 1 aliphatic heterocycles. The van der Waals surface area contributed by atoms with Crippen LogP contribution in [0.4, 0.5) is 0 Å². The van der Waals surface area contributed by atoms with Crippen molar-refractivity contribution in [1.82, 2.24) is 0 Å². The minimum Gasteiger partial charge on any atom is -0.479 e. The van der Waals surface area contributed by atoms with E-state index in [0.717, 1.165) is 11.1 Å². The fourth-order valence-corrected chi connectivity index (χ4v) is 1.84. The third-order valence-electron chi connectivity index (χ3n) is 2.59. The maximum absolute atomic E-state index is 10.7. The SMILES string of the molecule is O=C(O)C(O)c1cccc2c1CCOC2. The second-order valence-electron chi connectivity index (χ2n) is 3.53. The van der Waals surface area contributed by atoms with E-state index in [1.54, 1.807) is 12.1 Å². The first-order valence-corrected chi connectivity index (χ1v) is 4.79. The van der Waals surface area contributed by atoms with Gasteiger partial charge in [-0.25, -0.2) is 4.79 Å². The first kappa shape index (κ1) is 10.1. The molecule has 0 bridgehead atoms. The van der Waals surface area contributed by atoms with Gasteiger partial charge in [0.1, 0.15) is 0 Å². The Bertz CT molecular complexity index is 386. The molecule has 1 unspecified atom stereocenters. The van der Waals surface area contributed by atoms with E-state index >= 15 is 0 Å². The summed E-state index contributed by atoms with van der Waals surface area (Å²) < 4.78 is 5.26. The summed E-state index contributed by atoms with van der Waals surface area (Å²) in [4.78, 5) is 10.7. The number of fused-ring (bicyclic) bond motifs is 1. The highest BCUT2D eigenvalue weighted by Crippen LogP contribution is 2.25. The molecule has 0 aliphatic carbocycles. The summed E-state index contributed by atoms with van der Waals surface area (Å²) in [5.74, 6) is -1.21. The van der Waals surface area contributed by atoms with Crippen molar-refractivity contribution >= 4 is 5.97 Å². The molecular formula is C11H12O4. The van der Waals surface area contributed by atoms with E-state index in [9.17, 15) is 9.90 Å². The number of aliphatic carboxylic acids is 1. The molecule has 80 valence electrons. The van der Waals surface area contributed by atoms with Crippen molar-refractivity contribution in [2.24, 2.45) is 0 Å². The van der Waals surface area contributed by atoms with Crippen LogP contribution in [0, 0.1) is 0 Å². The molecule has 0 spiro atoms. The molecule has 4 heteroatoms. The zero-order valence-electron chi connectivity index (χ0n) is 8.14. The van der Waals surface area contributed by atoms with Gasteiger partial charge in [0.25, 0.3) is 0 Å². The number of aliphatic hydroxyl groups excluding tert-OH is 1. The Labute approximate surface area is 87.1 Å². The quantitative estimate of drug-likeness (QED) is 0.757. The minimum atomic E-state index is -1.43. The number of benzene rings is 1. The molecule has 1 aliphatic rings. The standard InChI is InChI=1S/C11H12O4/c12-10(11(13)14)9-3-1-2-7-6-15-5-4-8(7)9/h1-3,10,12H,4-6H2,(H,13,14). The van der Waals surface area contributed by atoms with Crippen molar-refractivity contribution in [3.63, 3.8) is 0 Å². The van der Waals surface area contributed by atoms with E-state index in [1.807, 2.05) is 6.07 Å². The normalized spacial score (nSPS) is 16.9. The zero-order chi connectivity index (χ0) is 10.8. The average Bonchev–Trinajstić information content (AvgIpc) is 2.27. The summed E-state index contributed by atoms with van der Waals surface area (Å²) in [6.07, 6.45) is -0.770. The first-order chi connectivity index (χ1) is 7.20. The predicted octanol–water partition coefficient (Wildman–Crippen LogP) is 0.877. The van der Waals surface area contributed by atoms with Gasteiger partial charge in [-0.3, -0.25) is 0 Å². The van der Waals surface area contributed by atoms with Crippen LogP contribution in [0.1, 0.15) is 22.8 Å². The van der Waals surface area contributed by atoms with Crippen LogP contribution in [-0.4, -0.2) is 22.8 Å². The maximum Gasteiger partial charge on any atom is 0.337 e. The molecule has 0 saturated heterocycles. The molecule has 1 atom stereocenters. The molecule has 2 N–H and O–H groups in total. The van der Waals surface area contributed by atoms with Gasteiger partial charge in [-0.15, -0.1) is 0 Å². The molecule has 4 nitrogen and oxygen atoms in total. The minimum absolute atomic E-state index is 0.489. The van der Waals surface area contributed by atoms with E-state index in [1.165, 1.54) is 0 Å². The van der Waals surface area contributed by atoms with E-state index in [2.05, 4.69) is 0 Å². The van der Waals surface area contributed by atoms with Crippen molar-refractivity contribution in [2.45, 2.75) is 19.1 Å². The number of hydrogen-bond donors (Lipinski definition) is 2. The van der Waals surface area contributed by atoms with Crippen LogP contribution in [0.5, 0.6) is 0 Å².